The number of ether oxygens (including phenoxy) is 2. The molecule has 5 nitrogen and oxygen atoms in total. The van der Waals surface area contributed by atoms with Gasteiger partial charge in [-0.3, -0.25) is 10.1 Å². The second-order valence-corrected chi connectivity index (χ2v) is 6.75. The summed E-state index contributed by atoms with van der Waals surface area (Å²) in [7, 11) is 0. The molecule has 29 heavy (non-hydrogen) atoms. The van der Waals surface area contributed by atoms with Gasteiger partial charge in [-0.1, -0.05) is 42.5 Å². The molecule has 1 amide bonds. The van der Waals surface area contributed by atoms with Crippen LogP contribution in [0.25, 0.3) is 0 Å². The van der Waals surface area contributed by atoms with Gasteiger partial charge in [0.1, 0.15) is 24.6 Å². The monoisotopic (exact) mass is 392 g/mol. The highest BCUT2D eigenvalue weighted by Crippen LogP contribution is 2.30. The van der Waals surface area contributed by atoms with Crippen molar-refractivity contribution in [2.45, 2.75) is 12.1 Å². The van der Waals surface area contributed by atoms with Crippen molar-refractivity contribution in [3.8, 4) is 11.5 Å². The predicted molar refractivity (Wildman–Crippen MR) is 109 cm³/mol. The molecule has 0 unspecified atom stereocenters. The molecule has 2 N–H and O–H groups in total. The van der Waals surface area contributed by atoms with Gasteiger partial charge in [-0.2, -0.15) is 0 Å². The molecule has 6 heteroatoms. The van der Waals surface area contributed by atoms with E-state index in [1.165, 1.54) is 24.3 Å². The molecule has 1 aliphatic rings. The van der Waals surface area contributed by atoms with E-state index in [2.05, 4.69) is 10.6 Å². The van der Waals surface area contributed by atoms with E-state index in [-0.39, 0.29) is 17.8 Å². The number of para-hydroxylation sites is 2. The number of benzene rings is 3. The number of carbonyl (C=O) groups excluding carboxylic acids is 1. The molecule has 0 fully saturated rings. The molecule has 0 spiro atoms. The number of halogens is 1. The summed E-state index contributed by atoms with van der Waals surface area (Å²) in [6.45, 7) is 0.815. The Bertz CT molecular complexity index is 963. The van der Waals surface area contributed by atoms with Crippen molar-refractivity contribution < 1.29 is 18.7 Å². The van der Waals surface area contributed by atoms with Crippen LogP contribution in [0.5, 0.6) is 11.5 Å². The Morgan fingerprint density at radius 3 is 2.41 bits per heavy atom. The van der Waals surface area contributed by atoms with Crippen LogP contribution in [0.15, 0.2) is 78.9 Å². The van der Waals surface area contributed by atoms with Crippen LogP contribution in [-0.4, -0.2) is 25.2 Å². The minimum atomic E-state index is -0.595. The van der Waals surface area contributed by atoms with E-state index in [9.17, 15) is 9.18 Å². The number of carbonyl (C=O) groups is 1. The third kappa shape index (κ3) is 4.73. The first kappa shape index (κ1) is 19.0. The summed E-state index contributed by atoms with van der Waals surface area (Å²) in [5.74, 6) is 0.824. The largest absolute Gasteiger partial charge is 0.486 e. The smallest absolute Gasteiger partial charge is 0.246 e. The molecule has 3 aromatic rings. The van der Waals surface area contributed by atoms with Crippen LogP contribution in [0.1, 0.15) is 11.6 Å². The SMILES string of the molecule is O=C(Nc1ccc(F)cc1)[C@@H](NC[C@H]1COc2ccccc2O1)c1ccccc1. The summed E-state index contributed by atoms with van der Waals surface area (Å²) in [6.07, 6.45) is -0.227. The molecule has 0 aliphatic carbocycles. The number of fused-ring (bicyclic) bond motifs is 1. The fourth-order valence-electron chi connectivity index (χ4n) is 3.17. The van der Waals surface area contributed by atoms with Gasteiger partial charge in [0.25, 0.3) is 0 Å². The summed E-state index contributed by atoms with van der Waals surface area (Å²) >= 11 is 0. The number of nitrogens with one attached hydrogen (secondary N) is 2. The average Bonchev–Trinajstić information content (AvgIpc) is 2.76. The number of hydrogen-bond donors (Lipinski definition) is 2. The molecule has 0 aromatic heterocycles. The van der Waals surface area contributed by atoms with Crippen LogP contribution in [0.4, 0.5) is 10.1 Å². The van der Waals surface area contributed by atoms with Crippen molar-refractivity contribution in [3.05, 3.63) is 90.2 Å². The Morgan fingerprint density at radius 2 is 1.66 bits per heavy atom. The topological polar surface area (TPSA) is 59.6 Å². The van der Waals surface area contributed by atoms with Crippen LogP contribution >= 0.6 is 0 Å². The van der Waals surface area contributed by atoms with Crippen molar-refractivity contribution in [1.82, 2.24) is 5.32 Å². The van der Waals surface area contributed by atoms with E-state index < -0.39 is 6.04 Å². The lowest BCUT2D eigenvalue weighted by atomic mass is 10.1. The van der Waals surface area contributed by atoms with Crippen molar-refractivity contribution in [1.29, 1.82) is 0 Å². The first-order valence-corrected chi connectivity index (χ1v) is 9.42. The zero-order chi connectivity index (χ0) is 20.1. The molecule has 3 aromatic carbocycles. The van der Waals surface area contributed by atoms with Crippen LogP contribution < -0.4 is 20.1 Å². The van der Waals surface area contributed by atoms with Crippen molar-refractivity contribution in [3.63, 3.8) is 0 Å². The second-order valence-electron chi connectivity index (χ2n) is 6.75. The van der Waals surface area contributed by atoms with Crippen molar-refractivity contribution >= 4 is 11.6 Å². The minimum Gasteiger partial charge on any atom is -0.486 e. The fraction of sp³-hybridized carbons (Fsp3) is 0.174. The Labute approximate surface area is 168 Å². The summed E-state index contributed by atoms with van der Waals surface area (Å²) in [6, 6.07) is 22.0. The molecular formula is C23H21FN2O3. The number of hydrogen-bond acceptors (Lipinski definition) is 4. The van der Waals surface area contributed by atoms with Gasteiger partial charge < -0.3 is 14.8 Å². The molecule has 1 aliphatic heterocycles. The molecular weight excluding hydrogens is 371 g/mol. The standard InChI is InChI=1S/C23H21FN2O3/c24-17-10-12-18(13-11-17)26-23(27)22(16-6-2-1-3-7-16)25-14-19-15-28-20-8-4-5-9-21(20)29-19/h1-13,19,22,25H,14-15H2,(H,26,27)/t19-,22-/m0/s1. The summed E-state index contributed by atoms with van der Waals surface area (Å²) in [4.78, 5) is 12.9. The highest BCUT2D eigenvalue weighted by molar-refractivity contribution is 5.95. The quantitative estimate of drug-likeness (QED) is 0.667. The molecule has 0 bridgehead atoms. The molecule has 0 saturated carbocycles. The number of amides is 1. The zero-order valence-electron chi connectivity index (χ0n) is 15.7. The predicted octanol–water partition coefficient (Wildman–Crippen LogP) is 3.94. The van der Waals surface area contributed by atoms with E-state index in [0.717, 1.165) is 11.3 Å². The van der Waals surface area contributed by atoms with Gasteiger partial charge in [-0.05, 0) is 42.0 Å². The van der Waals surface area contributed by atoms with Gasteiger partial charge >= 0.3 is 0 Å². The lowest BCUT2D eigenvalue weighted by Gasteiger charge is -2.28. The van der Waals surface area contributed by atoms with Gasteiger partial charge in [-0.15, -0.1) is 0 Å². The third-order valence-corrected chi connectivity index (χ3v) is 4.62. The maximum absolute atomic E-state index is 13.1. The second kappa shape index (κ2) is 8.75. The lowest BCUT2D eigenvalue weighted by molar-refractivity contribution is -0.118. The van der Waals surface area contributed by atoms with Gasteiger partial charge in [0, 0.05) is 12.2 Å². The molecule has 4 rings (SSSR count). The molecule has 148 valence electrons. The molecule has 0 radical (unpaired) electrons. The first-order valence-electron chi connectivity index (χ1n) is 9.42. The van der Waals surface area contributed by atoms with Crippen LogP contribution in [-0.2, 0) is 4.79 Å². The van der Waals surface area contributed by atoms with Gasteiger partial charge in [-0.25, -0.2) is 4.39 Å². The average molecular weight is 392 g/mol. The van der Waals surface area contributed by atoms with Gasteiger partial charge in [0.2, 0.25) is 5.91 Å². The van der Waals surface area contributed by atoms with Gasteiger partial charge in [0.15, 0.2) is 11.5 Å². The highest BCUT2D eigenvalue weighted by atomic mass is 19.1. The van der Waals surface area contributed by atoms with Crippen molar-refractivity contribution in [2.24, 2.45) is 0 Å². The summed E-state index contributed by atoms with van der Waals surface area (Å²) in [5, 5.41) is 6.11. The zero-order valence-corrected chi connectivity index (χ0v) is 15.7. The van der Waals surface area contributed by atoms with E-state index in [1.807, 2.05) is 54.6 Å². The van der Waals surface area contributed by atoms with E-state index >= 15 is 0 Å². The van der Waals surface area contributed by atoms with Gasteiger partial charge in [0.05, 0.1) is 0 Å². The Balaban J connectivity index is 1.45. The number of rotatable bonds is 6. The lowest BCUT2D eigenvalue weighted by Crippen LogP contribution is -2.42. The van der Waals surface area contributed by atoms with E-state index in [1.54, 1.807) is 0 Å². The first-order chi connectivity index (χ1) is 14.2. The van der Waals surface area contributed by atoms with Crippen LogP contribution in [0, 0.1) is 5.82 Å². The van der Waals surface area contributed by atoms with E-state index in [4.69, 9.17) is 9.47 Å². The van der Waals surface area contributed by atoms with Crippen molar-refractivity contribution in [2.75, 3.05) is 18.5 Å². The summed E-state index contributed by atoms with van der Waals surface area (Å²) in [5.41, 5.74) is 1.36. The Hall–Kier alpha value is -3.38. The number of anilines is 1. The van der Waals surface area contributed by atoms with E-state index in [0.29, 0.717) is 24.6 Å². The summed E-state index contributed by atoms with van der Waals surface area (Å²) < 4.78 is 24.8. The van der Waals surface area contributed by atoms with Crippen LogP contribution in [0.2, 0.25) is 0 Å². The highest BCUT2D eigenvalue weighted by Gasteiger charge is 2.25. The normalized spacial score (nSPS) is 16.1. The fourth-order valence-corrected chi connectivity index (χ4v) is 3.17. The maximum atomic E-state index is 13.1. The molecule has 0 saturated heterocycles. The Kier molecular flexibility index (Phi) is 5.72. The molecule has 1 heterocycles. The molecule has 2 atom stereocenters. The Morgan fingerprint density at radius 1 is 0.966 bits per heavy atom. The third-order valence-electron chi connectivity index (χ3n) is 4.62. The minimum absolute atomic E-state index is 0.227. The maximum Gasteiger partial charge on any atom is 0.246 e. The van der Waals surface area contributed by atoms with Crippen LogP contribution in [0.3, 0.4) is 0 Å².